The summed E-state index contributed by atoms with van der Waals surface area (Å²) in [6, 6.07) is 0. The van der Waals surface area contributed by atoms with Gasteiger partial charge in [0.25, 0.3) is 6.43 Å². The first-order valence-corrected chi connectivity index (χ1v) is 5.01. The molecule has 1 aromatic heterocycles. The summed E-state index contributed by atoms with van der Waals surface area (Å²) in [6.07, 6.45) is -8.71. The average Bonchev–Trinajstić information content (AvgIpc) is 2.30. The van der Waals surface area contributed by atoms with E-state index in [1.54, 1.807) is 4.98 Å². The summed E-state index contributed by atoms with van der Waals surface area (Å²) in [4.78, 5) is 24.4. The first kappa shape index (κ1) is 15.9. The lowest BCUT2D eigenvalue weighted by Crippen LogP contribution is -2.25. The van der Waals surface area contributed by atoms with E-state index in [1.807, 2.05) is 0 Å². The number of aromatic nitrogens is 1. The van der Waals surface area contributed by atoms with Crippen molar-refractivity contribution in [2.45, 2.75) is 19.2 Å². The summed E-state index contributed by atoms with van der Waals surface area (Å²) >= 11 is 0. The molecule has 112 valence electrons. The molecular weight excluding hydrogens is 293 g/mol. The zero-order valence-electron chi connectivity index (χ0n) is 9.88. The molecule has 0 atom stereocenters. The fourth-order valence-corrected chi connectivity index (χ4v) is 1.33. The summed E-state index contributed by atoms with van der Waals surface area (Å²) in [6.45, 7) is 0. The van der Waals surface area contributed by atoms with Crippen LogP contribution in [0.5, 0.6) is 5.88 Å². The molecule has 1 N–H and O–H groups in total. The van der Waals surface area contributed by atoms with Crippen molar-refractivity contribution in [2.75, 3.05) is 7.11 Å². The molecule has 0 aliphatic carbocycles. The van der Waals surface area contributed by atoms with Crippen molar-refractivity contribution in [3.05, 3.63) is 27.5 Å². The molecule has 0 spiro atoms. The fourth-order valence-electron chi connectivity index (χ4n) is 1.33. The molecule has 0 radical (unpaired) electrons. The predicted octanol–water partition coefficient (Wildman–Crippen LogP) is 1.93. The van der Waals surface area contributed by atoms with Crippen molar-refractivity contribution in [2.24, 2.45) is 0 Å². The van der Waals surface area contributed by atoms with Crippen LogP contribution in [-0.4, -0.2) is 24.4 Å². The smallest absolute Gasteiger partial charge is 0.469 e. The van der Waals surface area contributed by atoms with Gasteiger partial charge in [0, 0.05) is 11.8 Å². The van der Waals surface area contributed by atoms with E-state index in [1.165, 1.54) is 0 Å². The van der Waals surface area contributed by atoms with Crippen LogP contribution in [0.1, 0.15) is 17.6 Å². The SMILES string of the molecule is COC(=O)Cc1c[nH]c(OC(F)(F)F)c(C(F)F)c1=O. The van der Waals surface area contributed by atoms with Gasteiger partial charge in [0.15, 0.2) is 5.43 Å². The Kier molecular flexibility index (Phi) is 4.69. The number of alkyl halides is 5. The third-order valence-corrected chi connectivity index (χ3v) is 2.16. The minimum absolute atomic E-state index is 0.457. The number of ether oxygens (including phenoxy) is 2. The van der Waals surface area contributed by atoms with Gasteiger partial charge in [0.05, 0.1) is 13.5 Å². The van der Waals surface area contributed by atoms with Crippen molar-refractivity contribution in [3.63, 3.8) is 0 Å². The Morgan fingerprint density at radius 2 is 2.00 bits per heavy atom. The minimum atomic E-state index is -5.24. The maximum Gasteiger partial charge on any atom is 0.574 e. The van der Waals surface area contributed by atoms with Gasteiger partial charge in [-0.25, -0.2) is 8.78 Å². The molecule has 10 heteroatoms. The van der Waals surface area contributed by atoms with Crippen LogP contribution >= 0.6 is 0 Å². The van der Waals surface area contributed by atoms with Crippen LogP contribution in [0.15, 0.2) is 11.0 Å². The molecule has 1 aromatic rings. The summed E-state index contributed by atoms with van der Waals surface area (Å²) in [5.41, 5.74) is -3.37. The predicted molar refractivity (Wildman–Crippen MR) is 54.4 cm³/mol. The van der Waals surface area contributed by atoms with E-state index in [2.05, 4.69) is 9.47 Å². The van der Waals surface area contributed by atoms with Crippen LogP contribution in [0.25, 0.3) is 0 Å². The Morgan fingerprint density at radius 1 is 1.40 bits per heavy atom. The van der Waals surface area contributed by atoms with E-state index in [0.29, 0.717) is 6.20 Å². The molecule has 0 saturated carbocycles. The van der Waals surface area contributed by atoms with E-state index in [-0.39, 0.29) is 0 Å². The van der Waals surface area contributed by atoms with Gasteiger partial charge >= 0.3 is 12.3 Å². The van der Waals surface area contributed by atoms with E-state index in [4.69, 9.17) is 0 Å². The van der Waals surface area contributed by atoms with E-state index < -0.39 is 47.6 Å². The molecule has 20 heavy (non-hydrogen) atoms. The van der Waals surface area contributed by atoms with Gasteiger partial charge in [-0.05, 0) is 0 Å². The number of methoxy groups -OCH3 is 1. The van der Waals surface area contributed by atoms with Crippen molar-refractivity contribution in [1.29, 1.82) is 0 Å². The molecule has 1 rings (SSSR count). The molecule has 0 aliphatic rings. The number of carbonyl (C=O) groups is 1. The number of esters is 1. The van der Waals surface area contributed by atoms with Crippen LogP contribution in [0.4, 0.5) is 22.0 Å². The molecule has 0 aromatic carbocycles. The molecule has 0 bridgehead atoms. The molecule has 0 saturated heterocycles. The normalized spacial score (nSPS) is 11.6. The van der Waals surface area contributed by atoms with Gasteiger partial charge in [-0.3, -0.25) is 9.59 Å². The highest BCUT2D eigenvalue weighted by molar-refractivity contribution is 5.72. The monoisotopic (exact) mass is 301 g/mol. The zero-order valence-corrected chi connectivity index (χ0v) is 9.88. The third kappa shape index (κ3) is 3.93. The second-order valence-corrected chi connectivity index (χ2v) is 3.49. The largest absolute Gasteiger partial charge is 0.574 e. The number of H-pyrrole nitrogens is 1. The molecule has 0 aliphatic heterocycles. The summed E-state index contributed by atoms with van der Waals surface area (Å²) < 4.78 is 69.0. The Hall–Kier alpha value is -2.13. The maximum absolute atomic E-state index is 12.7. The van der Waals surface area contributed by atoms with Gasteiger partial charge < -0.3 is 14.5 Å². The van der Waals surface area contributed by atoms with Gasteiger partial charge in [0.1, 0.15) is 5.56 Å². The summed E-state index contributed by atoms with van der Waals surface area (Å²) in [7, 11) is 1.01. The highest BCUT2D eigenvalue weighted by Crippen LogP contribution is 2.28. The number of carbonyl (C=O) groups excluding carboxylic acids is 1. The van der Waals surface area contributed by atoms with Crippen LogP contribution in [0.2, 0.25) is 0 Å². The van der Waals surface area contributed by atoms with Gasteiger partial charge in [-0.15, -0.1) is 13.2 Å². The van der Waals surface area contributed by atoms with Crippen molar-refractivity contribution < 1.29 is 36.2 Å². The van der Waals surface area contributed by atoms with Crippen LogP contribution in [-0.2, 0) is 16.0 Å². The summed E-state index contributed by atoms with van der Waals surface area (Å²) in [5.74, 6) is -2.31. The Bertz CT molecular complexity index is 552. The molecule has 0 amide bonds. The van der Waals surface area contributed by atoms with Crippen molar-refractivity contribution >= 4 is 5.97 Å². The summed E-state index contributed by atoms with van der Waals surface area (Å²) in [5, 5.41) is 0. The molecule has 1 heterocycles. The van der Waals surface area contributed by atoms with Crippen LogP contribution in [0, 0.1) is 0 Å². The Morgan fingerprint density at radius 3 is 2.45 bits per heavy atom. The first-order chi connectivity index (χ1) is 9.15. The second-order valence-electron chi connectivity index (χ2n) is 3.49. The number of pyridine rings is 1. The average molecular weight is 301 g/mol. The van der Waals surface area contributed by atoms with E-state index >= 15 is 0 Å². The number of aromatic amines is 1. The number of nitrogens with one attached hydrogen (secondary N) is 1. The molecular formula is C10H8F5NO4. The quantitative estimate of drug-likeness (QED) is 0.681. The van der Waals surface area contributed by atoms with Crippen molar-refractivity contribution in [1.82, 2.24) is 4.98 Å². The standard InChI is InChI=1S/C10H8F5NO4/c1-19-5(17)2-4-3-16-9(20-10(13,14)15)6(7(4)18)8(11)12/h3,8H,2H2,1H3,(H,16,18). The fraction of sp³-hybridized carbons (Fsp3) is 0.400. The Balaban J connectivity index is 3.27. The van der Waals surface area contributed by atoms with Crippen molar-refractivity contribution in [3.8, 4) is 5.88 Å². The number of hydrogen-bond acceptors (Lipinski definition) is 4. The lowest BCUT2D eigenvalue weighted by molar-refractivity contribution is -0.276. The van der Waals surface area contributed by atoms with Gasteiger partial charge in [0.2, 0.25) is 5.88 Å². The third-order valence-electron chi connectivity index (χ3n) is 2.16. The number of halogens is 5. The highest BCUT2D eigenvalue weighted by atomic mass is 19.4. The van der Waals surface area contributed by atoms with Crippen LogP contribution < -0.4 is 10.2 Å². The second kappa shape index (κ2) is 5.88. The van der Waals surface area contributed by atoms with Crippen LogP contribution in [0.3, 0.4) is 0 Å². The van der Waals surface area contributed by atoms with E-state index in [9.17, 15) is 31.5 Å². The lowest BCUT2D eigenvalue weighted by atomic mass is 10.1. The highest BCUT2D eigenvalue weighted by Gasteiger charge is 2.35. The molecule has 0 unspecified atom stereocenters. The zero-order chi connectivity index (χ0) is 15.5. The lowest BCUT2D eigenvalue weighted by Gasteiger charge is -2.13. The van der Waals surface area contributed by atoms with Gasteiger partial charge in [-0.1, -0.05) is 0 Å². The maximum atomic E-state index is 12.7. The molecule has 5 nitrogen and oxygen atoms in total. The molecule has 0 fully saturated rings. The van der Waals surface area contributed by atoms with E-state index in [0.717, 1.165) is 7.11 Å². The topological polar surface area (TPSA) is 68.4 Å². The van der Waals surface area contributed by atoms with Gasteiger partial charge in [-0.2, -0.15) is 0 Å². The Labute approximate surface area is 108 Å². The minimum Gasteiger partial charge on any atom is -0.469 e. The number of rotatable bonds is 4. The first-order valence-electron chi connectivity index (χ1n) is 5.01. The number of hydrogen-bond donors (Lipinski definition) is 1.